The van der Waals surface area contributed by atoms with Crippen molar-refractivity contribution in [3.05, 3.63) is 243 Å². The zero-order chi connectivity index (χ0) is 45.4. The lowest BCUT2D eigenvalue weighted by atomic mass is 9.92. The lowest BCUT2D eigenvalue weighted by Gasteiger charge is -2.14. The van der Waals surface area contributed by atoms with Crippen molar-refractivity contribution in [2.45, 2.75) is 0 Å². The number of hydrogen-bond donors (Lipinski definition) is 0. The number of aromatic nitrogens is 2. The molecule has 0 radical (unpaired) electrons. The Bertz CT molecular complexity index is 4390. The molecule has 0 saturated heterocycles. The summed E-state index contributed by atoms with van der Waals surface area (Å²) in [4.78, 5) is 10.7. The Morgan fingerprint density at radius 2 is 0.739 bits per heavy atom. The Balaban J connectivity index is 0.864. The van der Waals surface area contributed by atoms with Crippen molar-refractivity contribution in [3.8, 4) is 66.9 Å². The van der Waals surface area contributed by atoms with Gasteiger partial charge in [-0.25, -0.2) is 4.98 Å². The second kappa shape index (κ2) is 16.0. The minimum absolute atomic E-state index is 0.843. The van der Waals surface area contributed by atoms with Crippen LogP contribution in [0.3, 0.4) is 0 Å². The van der Waals surface area contributed by atoms with E-state index >= 15 is 0 Å². The SMILES string of the molecule is c1cc(-c2cccc(-c3cnc4c5ccc(-c6ccc7ccccc7c6)cc5c5cc(-c6ccc7ccccc7c6)ccc5c4n3)c2)cc(-c2cccc(-c3cccc4c3sc3ccccc34)c2)c1. The molecule has 0 spiro atoms. The quantitative estimate of drug-likeness (QED) is 0.155. The van der Waals surface area contributed by atoms with Crippen LogP contribution in [0.25, 0.3) is 141 Å². The number of rotatable bonds is 6. The maximum Gasteiger partial charge on any atom is 0.0979 e. The maximum atomic E-state index is 5.49. The van der Waals surface area contributed by atoms with Crippen molar-refractivity contribution in [1.82, 2.24) is 9.97 Å². The maximum absolute atomic E-state index is 5.49. The van der Waals surface area contributed by atoms with Gasteiger partial charge in [0.25, 0.3) is 0 Å². The van der Waals surface area contributed by atoms with Gasteiger partial charge in [-0.1, -0.05) is 188 Å². The van der Waals surface area contributed by atoms with E-state index in [0.717, 1.165) is 55.0 Å². The zero-order valence-electron chi connectivity index (χ0n) is 37.4. The normalized spacial score (nSPS) is 11.8. The molecule has 0 fully saturated rings. The summed E-state index contributed by atoms with van der Waals surface area (Å²) in [6, 6.07) is 86.3. The van der Waals surface area contributed by atoms with Gasteiger partial charge in [0, 0.05) is 36.5 Å². The molecule has 2 heterocycles. The molecule has 12 aromatic carbocycles. The van der Waals surface area contributed by atoms with Crippen LogP contribution in [0, 0.1) is 0 Å². The van der Waals surface area contributed by atoms with Crippen LogP contribution >= 0.6 is 11.3 Å². The van der Waals surface area contributed by atoms with Gasteiger partial charge in [-0.15, -0.1) is 11.3 Å². The topological polar surface area (TPSA) is 25.8 Å². The van der Waals surface area contributed by atoms with Crippen molar-refractivity contribution in [2.75, 3.05) is 0 Å². The molecule has 0 amide bonds. The second-order valence-corrected chi connectivity index (χ2v) is 19.2. The van der Waals surface area contributed by atoms with E-state index in [2.05, 4.69) is 237 Å². The van der Waals surface area contributed by atoms with Gasteiger partial charge in [0.2, 0.25) is 0 Å². The average Bonchev–Trinajstić information content (AvgIpc) is 3.81. The molecule has 3 heteroatoms. The van der Waals surface area contributed by atoms with Gasteiger partial charge in [0.05, 0.1) is 22.9 Å². The molecule has 0 aliphatic carbocycles. The van der Waals surface area contributed by atoms with Gasteiger partial charge >= 0.3 is 0 Å². The second-order valence-electron chi connectivity index (χ2n) is 18.1. The molecule has 0 bridgehead atoms. The first-order valence-corrected chi connectivity index (χ1v) is 24.3. The first-order valence-electron chi connectivity index (χ1n) is 23.5. The average molecular weight is 893 g/mol. The van der Waals surface area contributed by atoms with Crippen LogP contribution in [0.15, 0.2) is 243 Å². The predicted molar refractivity (Wildman–Crippen MR) is 295 cm³/mol. The van der Waals surface area contributed by atoms with Crippen LogP contribution in [0.2, 0.25) is 0 Å². The Kier molecular flexibility index (Phi) is 9.11. The minimum Gasteiger partial charge on any atom is -0.252 e. The molecule has 0 aliphatic heterocycles. The predicted octanol–water partition coefficient (Wildman–Crippen LogP) is 18.6. The summed E-state index contributed by atoms with van der Waals surface area (Å²) in [6.45, 7) is 0. The molecular weight excluding hydrogens is 853 g/mol. The summed E-state index contributed by atoms with van der Waals surface area (Å²) in [5, 5.41) is 12.1. The van der Waals surface area contributed by atoms with Gasteiger partial charge in [0.1, 0.15) is 0 Å². The number of fused-ring (bicyclic) bond motifs is 11. The first-order chi connectivity index (χ1) is 34.1. The van der Waals surface area contributed by atoms with Gasteiger partial charge in [-0.05, 0) is 136 Å². The summed E-state index contributed by atoms with van der Waals surface area (Å²) >= 11 is 1.88. The Morgan fingerprint density at radius 3 is 1.39 bits per heavy atom. The molecule has 69 heavy (non-hydrogen) atoms. The third-order valence-electron chi connectivity index (χ3n) is 14.0. The smallest absolute Gasteiger partial charge is 0.0979 e. The molecule has 320 valence electrons. The molecule has 0 saturated carbocycles. The Hall–Kier alpha value is -8.76. The van der Waals surface area contributed by atoms with E-state index < -0.39 is 0 Å². The summed E-state index contributed by atoms with van der Waals surface area (Å²) in [5.41, 5.74) is 15.5. The third-order valence-corrected chi connectivity index (χ3v) is 15.3. The summed E-state index contributed by atoms with van der Waals surface area (Å²) in [6.07, 6.45) is 1.95. The van der Waals surface area contributed by atoms with E-state index in [1.54, 1.807) is 0 Å². The van der Waals surface area contributed by atoms with E-state index in [1.165, 1.54) is 86.2 Å². The highest BCUT2D eigenvalue weighted by Crippen LogP contribution is 2.42. The molecule has 2 nitrogen and oxygen atoms in total. The number of thiophene rings is 1. The summed E-state index contributed by atoms with van der Waals surface area (Å²) in [5.74, 6) is 0. The van der Waals surface area contributed by atoms with Crippen LogP contribution in [-0.4, -0.2) is 9.97 Å². The molecule has 0 aliphatic rings. The van der Waals surface area contributed by atoms with Crippen LogP contribution < -0.4 is 0 Å². The van der Waals surface area contributed by atoms with Gasteiger partial charge in [-0.2, -0.15) is 0 Å². The van der Waals surface area contributed by atoms with E-state index in [-0.39, 0.29) is 0 Å². The van der Waals surface area contributed by atoms with Gasteiger partial charge in [-0.3, -0.25) is 4.98 Å². The standard InChI is InChI=1S/C66H40N2S/c1-3-13-43-33-49(27-25-41(43)11-1)51-29-31-57-60(38-51)61-39-52(50-28-26-42-12-2-4-14-44(42)34-50)30-32-58(61)65-64(57)67-40-62(68-65)54-20-9-18-48(37-54)46-16-7-15-45(35-46)47-17-8-19-53(36-47)55-22-10-23-59-56-21-5-6-24-63(56)69-66(55)59/h1-40H. The van der Waals surface area contributed by atoms with E-state index in [9.17, 15) is 0 Å². The van der Waals surface area contributed by atoms with Crippen LogP contribution in [0.4, 0.5) is 0 Å². The monoisotopic (exact) mass is 892 g/mol. The lowest BCUT2D eigenvalue weighted by molar-refractivity contribution is 1.31. The molecule has 0 N–H and O–H groups in total. The molecule has 14 aromatic rings. The molecule has 14 rings (SSSR count). The van der Waals surface area contributed by atoms with Crippen LogP contribution in [0.5, 0.6) is 0 Å². The molecule has 0 atom stereocenters. The van der Waals surface area contributed by atoms with Crippen molar-refractivity contribution in [3.63, 3.8) is 0 Å². The van der Waals surface area contributed by atoms with Gasteiger partial charge < -0.3 is 0 Å². The fraction of sp³-hybridized carbons (Fsp3) is 0. The van der Waals surface area contributed by atoms with Gasteiger partial charge in [0.15, 0.2) is 0 Å². The van der Waals surface area contributed by atoms with E-state index in [4.69, 9.17) is 9.97 Å². The van der Waals surface area contributed by atoms with Crippen LogP contribution in [-0.2, 0) is 0 Å². The third kappa shape index (κ3) is 6.78. The number of benzene rings is 12. The fourth-order valence-electron chi connectivity index (χ4n) is 10.5. The first kappa shape index (κ1) is 39.4. The molecular formula is C66H40N2S. The highest BCUT2D eigenvalue weighted by Gasteiger charge is 2.17. The number of hydrogen-bond acceptors (Lipinski definition) is 3. The highest BCUT2D eigenvalue weighted by atomic mass is 32.1. The fourth-order valence-corrected chi connectivity index (χ4v) is 11.8. The van der Waals surface area contributed by atoms with Crippen molar-refractivity contribution in [1.29, 1.82) is 0 Å². The Labute approximate surface area is 403 Å². The summed E-state index contributed by atoms with van der Waals surface area (Å²) < 4.78 is 2.65. The largest absolute Gasteiger partial charge is 0.252 e. The minimum atomic E-state index is 0.843. The van der Waals surface area contributed by atoms with Crippen molar-refractivity contribution in [2.24, 2.45) is 0 Å². The molecule has 2 aromatic heterocycles. The lowest BCUT2D eigenvalue weighted by Crippen LogP contribution is -1.93. The zero-order valence-corrected chi connectivity index (χ0v) is 38.2. The highest BCUT2D eigenvalue weighted by molar-refractivity contribution is 7.26. The number of nitrogens with zero attached hydrogens (tertiary/aromatic N) is 2. The molecule has 0 unspecified atom stereocenters. The summed E-state index contributed by atoms with van der Waals surface area (Å²) in [7, 11) is 0. The van der Waals surface area contributed by atoms with Crippen molar-refractivity contribution >= 4 is 85.6 Å². The van der Waals surface area contributed by atoms with Crippen LogP contribution in [0.1, 0.15) is 0 Å². The van der Waals surface area contributed by atoms with E-state index in [1.807, 2.05) is 17.5 Å². The Morgan fingerprint density at radius 1 is 0.275 bits per heavy atom. The van der Waals surface area contributed by atoms with Crippen molar-refractivity contribution < 1.29 is 0 Å². The van der Waals surface area contributed by atoms with E-state index in [0.29, 0.717) is 0 Å².